The molecule has 0 aromatic carbocycles. The molecule has 22 heavy (non-hydrogen) atoms. The molecule has 6 heteroatoms. The van der Waals surface area contributed by atoms with Gasteiger partial charge in [-0.3, -0.25) is 19.5 Å². The van der Waals surface area contributed by atoms with Crippen LogP contribution in [0.3, 0.4) is 0 Å². The zero-order valence-corrected chi connectivity index (χ0v) is 18.8. The second-order valence-electron chi connectivity index (χ2n) is 5.50. The van der Waals surface area contributed by atoms with Crippen LogP contribution in [0, 0.1) is 0 Å². The summed E-state index contributed by atoms with van der Waals surface area (Å²) in [4.78, 5) is 19.3. The molecule has 126 valence electrons. The third-order valence-corrected chi connectivity index (χ3v) is 4.74. The van der Waals surface area contributed by atoms with Crippen LogP contribution in [0.15, 0.2) is 0 Å². The molecule has 0 saturated heterocycles. The van der Waals surface area contributed by atoms with Crippen molar-refractivity contribution in [1.29, 1.82) is 0 Å². The van der Waals surface area contributed by atoms with E-state index >= 15 is 0 Å². The fraction of sp³-hybridized carbons (Fsp3) is 0.938. The summed E-state index contributed by atoms with van der Waals surface area (Å²) in [6.07, 6.45) is -0.0000926. The molecular formula is C16H36N4OTa+5. The topological polar surface area (TPSA) is 52.8 Å². The summed E-state index contributed by atoms with van der Waals surface area (Å²) >= 11 is 0. The van der Waals surface area contributed by atoms with Crippen molar-refractivity contribution in [2.45, 2.75) is 60.2 Å². The van der Waals surface area contributed by atoms with E-state index in [0.717, 1.165) is 39.3 Å². The fourth-order valence-electron chi connectivity index (χ4n) is 3.41. The van der Waals surface area contributed by atoms with Gasteiger partial charge in [-0.05, 0) is 46.2 Å². The Balaban J connectivity index is 0. The van der Waals surface area contributed by atoms with Gasteiger partial charge < -0.3 is 5.73 Å². The predicted octanol–water partition coefficient (Wildman–Crippen LogP) is 1.58. The Labute approximate surface area is 153 Å². The van der Waals surface area contributed by atoms with Crippen molar-refractivity contribution in [1.82, 2.24) is 14.7 Å². The molecular weight excluding hydrogens is 445 g/mol. The van der Waals surface area contributed by atoms with Gasteiger partial charge in [0.15, 0.2) is 0 Å². The molecule has 0 bridgehead atoms. The molecule has 5 nitrogen and oxygen atoms in total. The van der Waals surface area contributed by atoms with Crippen LogP contribution in [0.4, 0.5) is 0 Å². The molecule has 0 spiro atoms. The molecule has 0 heterocycles. The van der Waals surface area contributed by atoms with Crippen LogP contribution in [0.25, 0.3) is 0 Å². The van der Waals surface area contributed by atoms with Crippen molar-refractivity contribution < 1.29 is 27.2 Å². The molecule has 0 aromatic heterocycles. The second kappa shape index (κ2) is 11.6. The molecule has 0 saturated carbocycles. The van der Waals surface area contributed by atoms with Crippen molar-refractivity contribution in [2.24, 2.45) is 5.73 Å². The Morgan fingerprint density at radius 1 is 0.864 bits per heavy atom. The van der Waals surface area contributed by atoms with Crippen molar-refractivity contribution >= 4 is 5.91 Å². The number of primary amides is 1. The summed E-state index contributed by atoms with van der Waals surface area (Å²) in [5.41, 5.74) is 5.19. The molecule has 0 aliphatic rings. The average molecular weight is 481 g/mol. The third kappa shape index (κ3) is 5.05. The first-order valence-electron chi connectivity index (χ1n) is 8.41. The molecule has 0 aliphatic carbocycles. The number of nitrogens with two attached hydrogens (primary N) is 1. The van der Waals surface area contributed by atoms with Gasteiger partial charge in [-0.25, -0.2) is 0 Å². The van der Waals surface area contributed by atoms with Gasteiger partial charge >= 0.3 is 22.4 Å². The molecule has 0 rings (SSSR count). The number of likely N-dealkylation sites (N-methyl/N-ethyl adjacent to an activating group) is 3. The van der Waals surface area contributed by atoms with Gasteiger partial charge in [0.1, 0.15) is 5.54 Å². The van der Waals surface area contributed by atoms with Crippen LogP contribution in [-0.4, -0.2) is 71.6 Å². The van der Waals surface area contributed by atoms with Gasteiger partial charge in [0.25, 0.3) is 0 Å². The average Bonchev–Trinajstić information content (AvgIpc) is 2.48. The largest absolute Gasteiger partial charge is 5.00 e. The number of rotatable bonds is 11. The number of carbonyl (C=O) groups is 1. The van der Waals surface area contributed by atoms with E-state index in [-0.39, 0.29) is 34.5 Å². The molecule has 1 atom stereocenters. The molecule has 2 N–H and O–H groups in total. The summed E-state index contributed by atoms with van der Waals surface area (Å²) < 4.78 is 0. The van der Waals surface area contributed by atoms with Gasteiger partial charge in [0.2, 0.25) is 5.91 Å². The molecule has 0 aromatic rings. The quantitative estimate of drug-likeness (QED) is 0.456. The first-order chi connectivity index (χ1) is 9.88. The maximum Gasteiger partial charge on any atom is 5.00 e. The number of nitrogens with zero attached hydrogens (tertiary/aromatic N) is 3. The Morgan fingerprint density at radius 3 is 1.36 bits per heavy atom. The summed E-state index contributed by atoms with van der Waals surface area (Å²) in [7, 11) is 0. The van der Waals surface area contributed by atoms with Gasteiger partial charge in [-0.15, -0.1) is 0 Å². The van der Waals surface area contributed by atoms with E-state index in [1.54, 1.807) is 0 Å². The van der Waals surface area contributed by atoms with E-state index in [1.165, 1.54) is 0 Å². The van der Waals surface area contributed by atoms with Crippen LogP contribution < -0.4 is 5.73 Å². The second-order valence-corrected chi connectivity index (χ2v) is 5.50. The normalized spacial score (nSPS) is 14.5. The first-order valence-corrected chi connectivity index (χ1v) is 8.41. The fourth-order valence-corrected chi connectivity index (χ4v) is 3.41. The van der Waals surface area contributed by atoms with E-state index in [1.807, 2.05) is 6.92 Å². The Kier molecular flexibility index (Phi) is 12.8. The van der Waals surface area contributed by atoms with E-state index in [9.17, 15) is 4.79 Å². The minimum absolute atomic E-state index is 0. The maximum atomic E-state index is 12.4. The minimum Gasteiger partial charge on any atom is -0.368 e. The SMILES string of the molecule is CCN(CC)C(N(CC)CC)C(C)(C(N)=O)N(CC)CC.[Ta+5]. The minimum atomic E-state index is -0.693. The molecule has 1 amide bonds. The number of hydrogen-bond acceptors (Lipinski definition) is 4. The molecule has 1 unspecified atom stereocenters. The van der Waals surface area contributed by atoms with Crippen molar-refractivity contribution in [3.8, 4) is 0 Å². The smallest absolute Gasteiger partial charge is 0.368 e. The number of amides is 1. The Hall–Kier alpha value is 0.0903. The van der Waals surface area contributed by atoms with Crippen molar-refractivity contribution in [2.75, 3.05) is 39.3 Å². The predicted molar refractivity (Wildman–Crippen MR) is 90.2 cm³/mol. The molecule has 0 fully saturated rings. The number of hydrogen-bond donors (Lipinski definition) is 1. The summed E-state index contributed by atoms with van der Waals surface area (Å²) in [5.74, 6) is -0.241. The zero-order chi connectivity index (χ0) is 16.6. The standard InChI is InChI=1S/C16H36N4O.Ta/c1-8-18(9-2)15(19(10-3)11-4)16(7,14(17)21)20(12-5)13-6;/h15H,8-13H2,1-7H3,(H2,17,21);/q;+5. The van der Waals surface area contributed by atoms with E-state index in [4.69, 9.17) is 5.73 Å². The summed E-state index contributed by atoms with van der Waals surface area (Å²) in [5, 5.41) is 0. The molecule has 0 radical (unpaired) electrons. The van der Waals surface area contributed by atoms with Crippen molar-refractivity contribution in [3.05, 3.63) is 0 Å². The van der Waals surface area contributed by atoms with Crippen LogP contribution >= 0.6 is 0 Å². The van der Waals surface area contributed by atoms with Crippen LogP contribution in [0.1, 0.15) is 48.5 Å². The monoisotopic (exact) mass is 481 g/mol. The van der Waals surface area contributed by atoms with Crippen LogP contribution in [0.5, 0.6) is 0 Å². The zero-order valence-electron chi connectivity index (χ0n) is 15.6. The van der Waals surface area contributed by atoms with Gasteiger partial charge in [-0.1, -0.05) is 41.5 Å². The van der Waals surface area contributed by atoms with E-state index in [0.29, 0.717) is 0 Å². The summed E-state index contributed by atoms with van der Waals surface area (Å²) in [6.45, 7) is 20.0. The first kappa shape index (κ1) is 24.3. The van der Waals surface area contributed by atoms with Crippen LogP contribution in [-0.2, 0) is 27.2 Å². The maximum absolute atomic E-state index is 12.4. The Bertz CT molecular complexity index is 293. The van der Waals surface area contributed by atoms with E-state index < -0.39 is 5.54 Å². The van der Waals surface area contributed by atoms with Gasteiger partial charge in [-0.2, -0.15) is 0 Å². The number of carbonyl (C=O) groups excluding carboxylic acids is 1. The van der Waals surface area contributed by atoms with E-state index in [2.05, 4.69) is 56.2 Å². The van der Waals surface area contributed by atoms with Gasteiger partial charge in [0, 0.05) is 0 Å². The molecule has 0 aliphatic heterocycles. The summed E-state index contributed by atoms with van der Waals surface area (Å²) in [6, 6.07) is 0. The van der Waals surface area contributed by atoms with Crippen LogP contribution in [0.2, 0.25) is 0 Å². The van der Waals surface area contributed by atoms with Crippen molar-refractivity contribution in [3.63, 3.8) is 0 Å². The Morgan fingerprint density at radius 2 is 1.18 bits per heavy atom. The third-order valence-electron chi connectivity index (χ3n) is 4.74. The van der Waals surface area contributed by atoms with Gasteiger partial charge in [0.05, 0.1) is 6.17 Å².